The normalized spacial score (nSPS) is 10.4. The van der Waals surface area contributed by atoms with Crippen molar-refractivity contribution in [1.29, 1.82) is 0 Å². The molecule has 0 amide bonds. The van der Waals surface area contributed by atoms with Crippen molar-refractivity contribution in [2.45, 2.75) is 19.9 Å². The van der Waals surface area contributed by atoms with Crippen LogP contribution in [-0.4, -0.2) is 16.0 Å². The highest BCUT2D eigenvalue weighted by Gasteiger charge is 2.03. The zero-order chi connectivity index (χ0) is 13.8. The molecule has 0 bridgehead atoms. The van der Waals surface area contributed by atoms with Crippen LogP contribution < -0.4 is 5.56 Å². The maximum atomic E-state index is 11.7. The van der Waals surface area contributed by atoms with Crippen molar-refractivity contribution in [3.05, 3.63) is 63.6 Å². The maximum absolute atomic E-state index is 11.7. The summed E-state index contributed by atoms with van der Waals surface area (Å²) < 4.78 is 1.62. The third kappa shape index (κ3) is 3.10. The number of aldehydes is 1. The van der Waals surface area contributed by atoms with E-state index in [1.54, 1.807) is 29.7 Å². The molecule has 1 heterocycles. The first-order chi connectivity index (χ1) is 9.10. The van der Waals surface area contributed by atoms with Crippen molar-refractivity contribution in [2.75, 3.05) is 0 Å². The first kappa shape index (κ1) is 13.1. The smallest absolute Gasteiger partial charge is 0.254 e. The van der Waals surface area contributed by atoms with Gasteiger partial charge in [-0.2, -0.15) is 0 Å². The monoisotopic (exact) mass is 257 g/mol. The molecule has 4 nitrogen and oxygen atoms in total. The van der Waals surface area contributed by atoms with E-state index in [0.717, 1.165) is 17.5 Å². The molecule has 0 unspecified atom stereocenters. The lowest BCUT2D eigenvalue weighted by Crippen LogP contribution is -2.22. The topological polar surface area (TPSA) is 59.3 Å². The Kier molecular flexibility index (Phi) is 3.80. The zero-order valence-corrected chi connectivity index (χ0v) is 10.7. The molecular formula is C15H15NO3. The predicted molar refractivity (Wildman–Crippen MR) is 72.6 cm³/mol. The number of benzene rings is 1. The van der Waals surface area contributed by atoms with Gasteiger partial charge < -0.3 is 9.67 Å². The van der Waals surface area contributed by atoms with E-state index in [2.05, 4.69) is 0 Å². The van der Waals surface area contributed by atoms with Crippen molar-refractivity contribution >= 4 is 6.29 Å². The van der Waals surface area contributed by atoms with Gasteiger partial charge >= 0.3 is 0 Å². The Morgan fingerprint density at radius 3 is 2.47 bits per heavy atom. The average molecular weight is 257 g/mol. The lowest BCUT2D eigenvalue weighted by molar-refractivity contribution is 0.112. The SMILES string of the molecule is Cc1cc(O)cc(=O)n1CCc1ccc(C=O)cc1. The summed E-state index contributed by atoms with van der Waals surface area (Å²) in [6.07, 6.45) is 1.50. The molecule has 98 valence electrons. The van der Waals surface area contributed by atoms with Gasteiger partial charge in [-0.25, -0.2) is 0 Å². The van der Waals surface area contributed by atoms with Gasteiger partial charge in [0.25, 0.3) is 5.56 Å². The van der Waals surface area contributed by atoms with Crippen molar-refractivity contribution in [2.24, 2.45) is 0 Å². The van der Waals surface area contributed by atoms with E-state index in [4.69, 9.17) is 0 Å². The number of aromatic nitrogens is 1. The molecule has 0 saturated heterocycles. The van der Waals surface area contributed by atoms with Crippen LogP contribution >= 0.6 is 0 Å². The highest BCUT2D eigenvalue weighted by molar-refractivity contribution is 5.74. The van der Waals surface area contributed by atoms with E-state index in [1.165, 1.54) is 6.07 Å². The number of aromatic hydroxyl groups is 1. The van der Waals surface area contributed by atoms with Crippen LogP contribution in [0.5, 0.6) is 5.75 Å². The van der Waals surface area contributed by atoms with Crippen molar-refractivity contribution in [3.63, 3.8) is 0 Å². The molecule has 2 aromatic rings. The van der Waals surface area contributed by atoms with Crippen LogP contribution in [-0.2, 0) is 13.0 Å². The third-order valence-electron chi connectivity index (χ3n) is 3.06. The quantitative estimate of drug-likeness (QED) is 0.851. The number of rotatable bonds is 4. The predicted octanol–water partition coefficient (Wildman–Crippen LogP) is 1.92. The molecule has 0 aliphatic carbocycles. The van der Waals surface area contributed by atoms with Crippen LogP contribution in [0.4, 0.5) is 0 Å². The van der Waals surface area contributed by atoms with Crippen LogP contribution in [0.1, 0.15) is 21.6 Å². The molecule has 0 saturated carbocycles. The fourth-order valence-electron chi connectivity index (χ4n) is 2.00. The number of hydrogen-bond donors (Lipinski definition) is 1. The molecule has 0 aliphatic heterocycles. The molecule has 1 aromatic heterocycles. The summed E-state index contributed by atoms with van der Waals surface area (Å²) in [5.74, 6) is -0.00548. The molecule has 0 aliphatic rings. The second-order valence-corrected chi connectivity index (χ2v) is 4.45. The minimum absolute atomic E-state index is 0.00548. The summed E-state index contributed by atoms with van der Waals surface area (Å²) >= 11 is 0. The highest BCUT2D eigenvalue weighted by Crippen LogP contribution is 2.09. The Hall–Kier alpha value is -2.36. The summed E-state index contributed by atoms with van der Waals surface area (Å²) in [6.45, 7) is 2.34. The zero-order valence-electron chi connectivity index (χ0n) is 10.7. The molecule has 0 radical (unpaired) electrons. The van der Waals surface area contributed by atoms with E-state index in [1.807, 2.05) is 12.1 Å². The van der Waals surface area contributed by atoms with E-state index in [0.29, 0.717) is 18.5 Å². The second-order valence-electron chi connectivity index (χ2n) is 4.45. The molecule has 0 atom stereocenters. The van der Waals surface area contributed by atoms with E-state index in [9.17, 15) is 14.7 Å². The van der Waals surface area contributed by atoms with Gasteiger partial charge in [0.2, 0.25) is 0 Å². The maximum Gasteiger partial charge on any atom is 0.254 e. The summed E-state index contributed by atoms with van der Waals surface area (Å²) in [4.78, 5) is 22.3. The number of aryl methyl sites for hydroxylation is 2. The lowest BCUT2D eigenvalue weighted by Gasteiger charge is -2.10. The fraction of sp³-hybridized carbons (Fsp3) is 0.200. The number of nitrogens with zero attached hydrogens (tertiary/aromatic N) is 1. The Morgan fingerprint density at radius 2 is 1.89 bits per heavy atom. The summed E-state index contributed by atoms with van der Waals surface area (Å²) in [5, 5.41) is 9.31. The molecule has 2 rings (SSSR count). The van der Waals surface area contributed by atoms with Crippen molar-refractivity contribution in [1.82, 2.24) is 4.57 Å². The highest BCUT2D eigenvalue weighted by atomic mass is 16.3. The Bertz CT molecular complexity index is 641. The van der Waals surface area contributed by atoms with Crippen LogP contribution in [0, 0.1) is 6.92 Å². The Labute approximate surface area is 110 Å². The summed E-state index contributed by atoms with van der Waals surface area (Å²) in [7, 11) is 0. The van der Waals surface area contributed by atoms with Crippen LogP contribution in [0.25, 0.3) is 0 Å². The van der Waals surface area contributed by atoms with E-state index < -0.39 is 0 Å². The van der Waals surface area contributed by atoms with Crippen LogP contribution in [0.3, 0.4) is 0 Å². The molecule has 1 N–H and O–H groups in total. The third-order valence-corrected chi connectivity index (χ3v) is 3.06. The standard InChI is InChI=1S/C15H15NO3/c1-11-8-14(18)9-15(19)16(11)7-6-12-2-4-13(10-17)5-3-12/h2-5,8-10,18H,6-7H2,1H3. The first-order valence-corrected chi connectivity index (χ1v) is 6.05. The number of pyridine rings is 1. The molecule has 19 heavy (non-hydrogen) atoms. The molecular weight excluding hydrogens is 242 g/mol. The fourth-order valence-corrected chi connectivity index (χ4v) is 2.00. The lowest BCUT2D eigenvalue weighted by atomic mass is 10.1. The molecule has 0 fully saturated rings. The van der Waals surface area contributed by atoms with Gasteiger partial charge in [0, 0.05) is 23.9 Å². The number of carbonyl (C=O) groups excluding carboxylic acids is 1. The van der Waals surface area contributed by atoms with Crippen molar-refractivity contribution < 1.29 is 9.90 Å². The number of hydrogen-bond acceptors (Lipinski definition) is 3. The van der Waals surface area contributed by atoms with Gasteiger partial charge in [0.05, 0.1) is 0 Å². The Morgan fingerprint density at radius 1 is 1.21 bits per heavy atom. The molecule has 0 spiro atoms. The van der Waals surface area contributed by atoms with E-state index >= 15 is 0 Å². The summed E-state index contributed by atoms with van der Waals surface area (Å²) in [6, 6.07) is 10.1. The second kappa shape index (κ2) is 5.52. The minimum Gasteiger partial charge on any atom is -0.508 e. The van der Waals surface area contributed by atoms with E-state index in [-0.39, 0.29) is 11.3 Å². The average Bonchev–Trinajstić information content (AvgIpc) is 2.38. The number of carbonyl (C=O) groups is 1. The van der Waals surface area contributed by atoms with Crippen LogP contribution in [0.15, 0.2) is 41.2 Å². The van der Waals surface area contributed by atoms with Gasteiger partial charge in [0.15, 0.2) is 0 Å². The van der Waals surface area contributed by atoms with Gasteiger partial charge in [0.1, 0.15) is 12.0 Å². The minimum atomic E-state index is -0.206. The van der Waals surface area contributed by atoms with Gasteiger partial charge in [-0.05, 0) is 25.0 Å². The van der Waals surface area contributed by atoms with Crippen molar-refractivity contribution in [3.8, 4) is 5.75 Å². The first-order valence-electron chi connectivity index (χ1n) is 6.05. The Balaban J connectivity index is 2.14. The van der Waals surface area contributed by atoms with Crippen LogP contribution in [0.2, 0.25) is 0 Å². The summed E-state index contributed by atoms with van der Waals surface area (Å²) in [5.41, 5.74) is 2.23. The van der Waals surface area contributed by atoms with Gasteiger partial charge in [-0.15, -0.1) is 0 Å². The largest absolute Gasteiger partial charge is 0.508 e. The molecule has 1 aromatic carbocycles. The molecule has 4 heteroatoms. The van der Waals surface area contributed by atoms with Gasteiger partial charge in [-0.1, -0.05) is 24.3 Å². The van der Waals surface area contributed by atoms with Gasteiger partial charge in [-0.3, -0.25) is 9.59 Å².